The number of aldehydes is 2. The Morgan fingerprint density at radius 2 is 1.75 bits per heavy atom. The zero-order valence-electron chi connectivity index (χ0n) is 6.28. The molecule has 0 heterocycles. The summed E-state index contributed by atoms with van der Waals surface area (Å²) in [4.78, 5) is 20.8. The standard InChI is InChI=1S/C8H8N2O2/c9-7-2-1-5(3-11)8(10)6(7)4-12/h1-4H,9-10H2. The van der Waals surface area contributed by atoms with Crippen molar-refractivity contribution in [3.8, 4) is 0 Å². The van der Waals surface area contributed by atoms with Gasteiger partial charge in [-0.1, -0.05) is 0 Å². The average Bonchev–Trinajstić information content (AvgIpc) is 2.06. The van der Waals surface area contributed by atoms with E-state index >= 15 is 0 Å². The second-order valence-corrected chi connectivity index (χ2v) is 2.31. The molecule has 0 aliphatic rings. The zero-order chi connectivity index (χ0) is 9.14. The van der Waals surface area contributed by atoms with Crippen LogP contribution in [0.4, 0.5) is 11.4 Å². The highest BCUT2D eigenvalue weighted by molar-refractivity contribution is 5.97. The molecule has 62 valence electrons. The van der Waals surface area contributed by atoms with Crippen molar-refractivity contribution in [3.63, 3.8) is 0 Å². The lowest BCUT2D eigenvalue weighted by molar-refractivity contribution is 0.112. The molecule has 0 spiro atoms. The minimum atomic E-state index is 0.139. The molecule has 0 unspecified atom stereocenters. The summed E-state index contributed by atoms with van der Waals surface area (Å²) in [6.45, 7) is 0. The van der Waals surface area contributed by atoms with Crippen molar-refractivity contribution in [1.29, 1.82) is 0 Å². The largest absolute Gasteiger partial charge is 0.398 e. The van der Waals surface area contributed by atoms with E-state index in [1.54, 1.807) is 0 Å². The number of hydrogen-bond donors (Lipinski definition) is 2. The maximum Gasteiger partial charge on any atom is 0.154 e. The maximum atomic E-state index is 10.4. The first-order chi connectivity index (χ1) is 5.70. The topological polar surface area (TPSA) is 86.2 Å². The predicted octanol–water partition coefficient (Wildman–Crippen LogP) is 0.476. The average molecular weight is 164 g/mol. The molecule has 4 heteroatoms. The number of hydrogen-bond acceptors (Lipinski definition) is 4. The Labute approximate surface area is 69.2 Å². The van der Waals surface area contributed by atoms with Gasteiger partial charge in [-0.2, -0.15) is 0 Å². The fourth-order valence-electron chi connectivity index (χ4n) is 0.904. The SMILES string of the molecule is Nc1ccc(C=O)c(N)c1C=O. The lowest BCUT2D eigenvalue weighted by Gasteiger charge is -2.03. The maximum absolute atomic E-state index is 10.4. The van der Waals surface area contributed by atoms with Crippen molar-refractivity contribution in [2.24, 2.45) is 0 Å². The molecule has 0 saturated carbocycles. The first-order valence-electron chi connectivity index (χ1n) is 3.29. The monoisotopic (exact) mass is 164 g/mol. The van der Waals surface area contributed by atoms with Gasteiger partial charge in [0.25, 0.3) is 0 Å². The van der Waals surface area contributed by atoms with Crippen molar-refractivity contribution < 1.29 is 9.59 Å². The van der Waals surface area contributed by atoms with Crippen LogP contribution in [-0.4, -0.2) is 12.6 Å². The summed E-state index contributed by atoms with van der Waals surface area (Å²) in [6, 6.07) is 2.95. The summed E-state index contributed by atoms with van der Waals surface area (Å²) >= 11 is 0. The van der Waals surface area contributed by atoms with E-state index in [1.165, 1.54) is 12.1 Å². The number of benzene rings is 1. The molecule has 1 rings (SSSR count). The van der Waals surface area contributed by atoms with E-state index in [0.29, 0.717) is 12.6 Å². The van der Waals surface area contributed by atoms with Gasteiger partial charge in [0.1, 0.15) is 0 Å². The smallest absolute Gasteiger partial charge is 0.154 e. The van der Waals surface area contributed by atoms with Gasteiger partial charge in [-0.05, 0) is 12.1 Å². The number of nitrogens with two attached hydrogens (primary N) is 2. The van der Waals surface area contributed by atoms with Crippen LogP contribution in [-0.2, 0) is 0 Å². The van der Waals surface area contributed by atoms with Gasteiger partial charge in [-0.3, -0.25) is 9.59 Å². The Balaban J connectivity index is 3.43. The third-order valence-corrected chi connectivity index (χ3v) is 1.60. The molecular weight excluding hydrogens is 156 g/mol. The summed E-state index contributed by atoms with van der Waals surface area (Å²) in [5.74, 6) is 0. The van der Waals surface area contributed by atoms with Gasteiger partial charge in [0.15, 0.2) is 12.6 Å². The molecular formula is C8H8N2O2. The van der Waals surface area contributed by atoms with E-state index in [9.17, 15) is 9.59 Å². The number of carbonyl (C=O) groups is 2. The Hall–Kier alpha value is -1.84. The minimum Gasteiger partial charge on any atom is -0.398 e. The molecule has 4 N–H and O–H groups in total. The predicted molar refractivity (Wildman–Crippen MR) is 46.0 cm³/mol. The molecule has 0 amide bonds. The van der Waals surface area contributed by atoms with Crippen molar-refractivity contribution in [3.05, 3.63) is 23.3 Å². The third kappa shape index (κ3) is 1.14. The Kier molecular flexibility index (Phi) is 2.09. The van der Waals surface area contributed by atoms with Crippen LogP contribution in [0.25, 0.3) is 0 Å². The van der Waals surface area contributed by atoms with E-state index in [-0.39, 0.29) is 22.5 Å². The Morgan fingerprint density at radius 1 is 1.08 bits per heavy atom. The second kappa shape index (κ2) is 3.04. The first-order valence-corrected chi connectivity index (χ1v) is 3.29. The van der Waals surface area contributed by atoms with Crippen LogP contribution in [0.5, 0.6) is 0 Å². The van der Waals surface area contributed by atoms with Crippen LogP contribution in [0.2, 0.25) is 0 Å². The van der Waals surface area contributed by atoms with Crippen molar-refractivity contribution >= 4 is 23.9 Å². The summed E-state index contributed by atoms with van der Waals surface area (Å²) in [6.07, 6.45) is 1.12. The van der Waals surface area contributed by atoms with Gasteiger partial charge >= 0.3 is 0 Å². The molecule has 0 aliphatic carbocycles. The quantitative estimate of drug-likeness (QED) is 0.491. The summed E-state index contributed by atoms with van der Waals surface area (Å²) in [7, 11) is 0. The van der Waals surface area contributed by atoms with Crippen LogP contribution in [0, 0.1) is 0 Å². The fourth-order valence-corrected chi connectivity index (χ4v) is 0.904. The van der Waals surface area contributed by atoms with Crippen LogP contribution < -0.4 is 11.5 Å². The fraction of sp³-hybridized carbons (Fsp3) is 0. The van der Waals surface area contributed by atoms with Crippen LogP contribution in [0.1, 0.15) is 20.7 Å². The van der Waals surface area contributed by atoms with E-state index < -0.39 is 0 Å². The van der Waals surface area contributed by atoms with E-state index in [1.807, 2.05) is 0 Å². The normalized spacial score (nSPS) is 9.33. The Morgan fingerprint density at radius 3 is 2.25 bits per heavy atom. The van der Waals surface area contributed by atoms with Gasteiger partial charge in [0.05, 0.1) is 11.3 Å². The highest BCUT2D eigenvalue weighted by Crippen LogP contribution is 2.20. The highest BCUT2D eigenvalue weighted by atomic mass is 16.1. The van der Waals surface area contributed by atoms with Gasteiger partial charge in [0.2, 0.25) is 0 Å². The number of nitrogen functional groups attached to an aromatic ring is 2. The lowest BCUT2D eigenvalue weighted by Crippen LogP contribution is -2.02. The Bertz CT molecular complexity index is 334. The molecule has 0 atom stereocenters. The molecule has 1 aromatic carbocycles. The number of anilines is 2. The van der Waals surface area contributed by atoms with Crippen molar-refractivity contribution in [2.45, 2.75) is 0 Å². The molecule has 0 bridgehead atoms. The van der Waals surface area contributed by atoms with Crippen molar-refractivity contribution in [2.75, 3.05) is 11.5 Å². The first kappa shape index (κ1) is 8.26. The van der Waals surface area contributed by atoms with Gasteiger partial charge < -0.3 is 11.5 Å². The minimum absolute atomic E-state index is 0.139. The molecule has 0 saturated heterocycles. The zero-order valence-corrected chi connectivity index (χ0v) is 6.28. The third-order valence-electron chi connectivity index (χ3n) is 1.60. The van der Waals surface area contributed by atoms with E-state index in [2.05, 4.69) is 0 Å². The summed E-state index contributed by atoms with van der Waals surface area (Å²) in [5, 5.41) is 0. The van der Waals surface area contributed by atoms with Gasteiger partial charge in [0, 0.05) is 11.3 Å². The van der Waals surface area contributed by atoms with Gasteiger partial charge in [-0.25, -0.2) is 0 Å². The summed E-state index contributed by atoms with van der Waals surface area (Å²) < 4.78 is 0. The summed E-state index contributed by atoms with van der Waals surface area (Å²) in [5.41, 5.74) is 11.8. The highest BCUT2D eigenvalue weighted by Gasteiger charge is 2.06. The molecule has 0 aromatic heterocycles. The van der Waals surface area contributed by atoms with Crippen LogP contribution in [0.3, 0.4) is 0 Å². The molecule has 4 nitrogen and oxygen atoms in total. The van der Waals surface area contributed by atoms with E-state index in [0.717, 1.165) is 0 Å². The molecule has 12 heavy (non-hydrogen) atoms. The molecule has 0 aliphatic heterocycles. The number of rotatable bonds is 2. The molecule has 0 fully saturated rings. The van der Waals surface area contributed by atoms with Crippen LogP contribution >= 0.6 is 0 Å². The van der Waals surface area contributed by atoms with Crippen molar-refractivity contribution in [1.82, 2.24) is 0 Å². The second-order valence-electron chi connectivity index (χ2n) is 2.31. The van der Waals surface area contributed by atoms with Gasteiger partial charge in [-0.15, -0.1) is 0 Å². The number of carbonyl (C=O) groups excluding carboxylic acids is 2. The molecule has 1 aromatic rings. The van der Waals surface area contributed by atoms with E-state index in [4.69, 9.17) is 11.5 Å². The molecule has 0 radical (unpaired) electrons. The van der Waals surface area contributed by atoms with Crippen LogP contribution in [0.15, 0.2) is 12.1 Å². The lowest BCUT2D eigenvalue weighted by atomic mass is 10.1.